The topological polar surface area (TPSA) is 58.6 Å². The molecule has 0 saturated carbocycles. The zero-order chi connectivity index (χ0) is 12.4. The number of hydrogen-bond donors (Lipinski definition) is 1. The van der Waals surface area contributed by atoms with Crippen molar-refractivity contribution >= 4 is 15.9 Å². The van der Waals surface area contributed by atoms with E-state index >= 15 is 0 Å². The molecule has 17 heavy (non-hydrogen) atoms. The highest BCUT2D eigenvalue weighted by Crippen LogP contribution is 2.16. The number of pyridine rings is 1. The lowest BCUT2D eigenvalue weighted by Crippen LogP contribution is -2.11. The van der Waals surface area contributed by atoms with Gasteiger partial charge in [-0.25, -0.2) is 4.98 Å². The lowest BCUT2D eigenvalue weighted by molar-refractivity contribution is 0.811. The van der Waals surface area contributed by atoms with E-state index in [2.05, 4.69) is 30.9 Å². The highest BCUT2D eigenvalue weighted by atomic mass is 79.9. The van der Waals surface area contributed by atoms with E-state index in [1.54, 1.807) is 6.20 Å². The van der Waals surface area contributed by atoms with Crippen LogP contribution >= 0.6 is 15.9 Å². The molecule has 0 aromatic carbocycles. The van der Waals surface area contributed by atoms with E-state index in [4.69, 9.17) is 0 Å². The Balaban J connectivity index is 2.52. The molecule has 0 aliphatic rings. The summed E-state index contributed by atoms with van der Waals surface area (Å²) in [6.45, 7) is 4.00. The molecule has 5 heteroatoms. The molecule has 0 radical (unpaired) electrons. The zero-order valence-corrected chi connectivity index (χ0v) is 11.2. The summed E-state index contributed by atoms with van der Waals surface area (Å²) in [7, 11) is 0. The van der Waals surface area contributed by atoms with Crippen LogP contribution in [0.4, 0.5) is 0 Å². The molecule has 2 heterocycles. The fourth-order valence-corrected chi connectivity index (χ4v) is 1.64. The number of nitrogens with one attached hydrogen (secondary N) is 1. The average molecular weight is 294 g/mol. The normalized spacial score (nSPS) is 10.8. The first-order valence-corrected chi connectivity index (χ1v) is 6.09. The predicted molar refractivity (Wildman–Crippen MR) is 69.9 cm³/mol. The number of H-pyrrole nitrogens is 1. The van der Waals surface area contributed by atoms with Crippen LogP contribution in [0, 0.1) is 0 Å². The molecule has 0 saturated heterocycles. The Morgan fingerprint density at radius 1 is 1.35 bits per heavy atom. The molecule has 88 valence electrons. The summed E-state index contributed by atoms with van der Waals surface area (Å²) >= 11 is 3.32. The second-order valence-corrected chi connectivity index (χ2v) is 4.95. The van der Waals surface area contributed by atoms with Crippen LogP contribution in [0.5, 0.6) is 0 Å². The van der Waals surface area contributed by atoms with Crippen LogP contribution in [-0.4, -0.2) is 15.0 Å². The zero-order valence-electron chi connectivity index (χ0n) is 9.57. The molecule has 0 amide bonds. The molecule has 0 atom stereocenters. The minimum Gasteiger partial charge on any atom is -0.305 e. The van der Waals surface area contributed by atoms with Crippen molar-refractivity contribution in [3.05, 3.63) is 44.9 Å². The average Bonchev–Trinajstić information content (AvgIpc) is 2.29. The van der Waals surface area contributed by atoms with Crippen molar-refractivity contribution in [2.24, 2.45) is 0 Å². The van der Waals surface area contributed by atoms with E-state index in [0.29, 0.717) is 11.5 Å². The van der Waals surface area contributed by atoms with Crippen LogP contribution in [0.25, 0.3) is 11.5 Å². The van der Waals surface area contributed by atoms with Gasteiger partial charge in [0.15, 0.2) is 5.82 Å². The molecule has 0 spiro atoms. The third-order valence-corrected chi connectivity index (χ3v) is 2.79. The Bertz CT molecular complexity index is 575. The summed E-state index contributed by atoms with van der Waals surface area (Å²) in [5, 5.41) is 0. The van der Waals surface area contributed by atoms with Gasteiger partial charge in [-0.2, -0.15) is 0 Å². The molecular formula is C12H12BrN3O. The smallest absolute Gasteiger partial charge is 0.251 e. The van der Waals surface area contributed by atoms with Crippen LogP contribution in [0.15, 0.2) is 33.7 Å². The number of aromatic nitrogens is 3. The summed E-state index contributed by atoms with van der Waals surface area (Å²) in [4.78, 5) is 22.8. The first-order valence-electron chi connectivity index (χ1n) is 5.29. The van der Waals surface area contributed by atoms with Gasteiger partial charge in [-0.05, 0) is 34.0 Å². The standard InChI is InChI=1S/C12H12BrN3O/c1-7(2)10-5-11(17)16-12(15-10)9-4-3-8(13)6-14-9/h3-7H,1-2H3,(H,15,16,17). The third-order valence-electron chi connectivity index (χ3n) is 2.32. The summed E-state index contributed by atoms with van der Waals surface area (Å²) in [6.07, 6.45) is 1.68. The predicted octanol–water partition coefficient (Wildman–Crippen LogP) is 2.72. The first-order chi connectivity index (χ1) is 8.06. The molecular weight excluding hydrogens is 282 g/mol. The van der Waals surface area contributed by atoms with Crippen LogP contribution in [0.3, 0.4) is 0 Å². The summed E-state index contributed by atoms with van der Waals surface area (Å²) in [5.41, 5.74) is 1.28. The molecule has 2 aromatic heterocycles. The molecule has 0 unspecified atom stereocenters. The van der Waals surface area contributed by atoms with Crippen molar-refractivity contribution < 1.29 is 0 Å². The van der Waals surface area contributed by atoms with E-state index in [9.17, 15) is 4.79 Å². The third kappa shape index (κ3) is 2.79. The quantitative estimate of drug-likeness (QED) is 0.926. The molecule has 2 rings (SSSR count). The van der Waals surface area contributed by atoms with Gasteiger partial charge in [-0.15, -0.1) is 0 Å². The summed E-state index contributed by atoms with van der Waals surface area (Å²) in [5.74, 6) is 0.722. The maximum Gasteiger partial charge on any atom is 0.251 e. The SMILES string of the molecule is CC(C)c1cc(=O)[nH]c(-c2ccc(Br)cn2)n1. The van der Waals surface area contributed by atoms with Crippen LogP contribution in [-0.2, 0) is 0 Å². The maximum absolute atomic E-state index is 11.5. The van der Waals surface area contributed by atoms with Crippen molar-refractivity contribution in [2.45, 2.75) is 19.8 Å². The van der Waals surface area contributed by atoms with Gasteiger partial charge in [-0.1, -0.05) is 13.8 Å². The van der Waals surface area contributed by atoms with E-state index in [1.807, 2.05) is 26.0 Å². The summed E-state index contributed by atoms with van der Waals surface area (Å²) < 4.78 is 0.892. The minimum absolute atomic E-state index is 0.150. The summed E-state index contributed by atoms with van der Waals surface area (Å²) in [6, 6.07) is 5.20. The van der Waals surface area contributed by atoms with Gasteiger partial charge in [0.1, 0.15) is 5.69 Å². The van der Waals surface area contributed by atoms with E-state index in [-0.39, 0.29) is 11.5 Å². The maximum atomic E-state index is 11.5. The van der Waals surface area contributed by atoms with Gasteiger partial charge in [0.05, 0.1) is 5.69 Å². The number of aromatic amines is 1. The van der Waals surface area contributed by atoms with Crippen LogP contribution in [0.1, 0.15) is 25.5 Å². The number of halogens is 1. The number of rotatable bonds is 2. The molecule has 0 aliphatic carbocycles. The monoisotopic (exact) mass is 293 g/mol. The molecule has 0 bridgehead atoms. The molecule has 2 aromatic rings. The fraction of sp³-hybridized carbons (Fsp3) is 0.250. The Morgan fingerprint density at radius 3 is 2.71 bits per heavy atom. The molecule has 1 N–H and O–H groups in total. The second kappa shape index (κ2) is 4.79. The fourth-order valence-electron chi connectivity index (χ4n) is 1.41. The van der Waals surface area contributed by atoms with Gasteiger partial charge < -0.3 is 4.98 Å². The molecule has 0 aliphatic heterocycles. The molecule has 0 fully saturated rings. The van der Waals surface area contributed by atoms with Crippen molar-refractivity contribution in [1.29, 1.82) is 0 Å². The minimum atomic E-state index is -0.150. The van der Waals surface area contributed by atoms with E-state index in [1.165, 1.54) is 6.07 Å². The van der Waals surface area contributed by atoms with Gasteiger partial charge in [-0.3, -0.25) is 9.78 Å². The van der Waals surface area contributed by atoms with Gasteiger partial charge in [0.25, 0.3) is 5.56 Å². The van der Waals surface area contributed by atoms with Crippen molar-refractivity contribution in [3.8, 4) is 11.5 Å². The highest BCUT2D eigenvalue weighted by molar-refractivity contribution is 9.10. The second-order valence-electron chi connectivity index (χ2n) is 4.04. The van der Waals surface area contributed by atoms with Crippen molar-refractivity contribution in [3.63, 3.8) is 0 Å². The first kappa shape index (κ1) is 12.0. The lowest BCUT2D eigenvalue weighted by atomic mass is 10.1. The van der Waals surface area contributed by atoms with Gasteiger partial charge in [0, 0.05) is 16.7 Å². The van der Waals surface area contributed by atoms with Crippen LogP contribution < -0.4 is 5.56 Å². The number of hydrogen-bond acceptors (Lipinski definition) is 3. The molecule has 4 nitrogen and oxygen atoms in total. The Kier molecular flexibility index (Phi) is 3.38. The lowest BCUT2D eigenvalue weighted by Gasteiger charge is -2.06. The Labute approximate surface area is 107 Å². The van der Waals surface area contributed by atoms with Crippen molar-refractivity contribution in [2.75, 3.05) is 0 Å². The van der Waals surface area contributed by atoms with Crippen molar-refractivity contribution in [1.82, 2.24) is 15.0 Å². The number of nitrogens with zero attached hydrogens (tertiary/aromatic N) is 2. The van der Waals surface area contributed by atoms with Crippen LogP contribution in [0.2, 0.25) is 0 Å². The van der Waals surface area contributed by atoms with E-state index in [0.717, 1.165) is 10.2 Å². The van der Waals surface area contributed by atoms with E-state index < -0.39 is 0 Å². The largest absolute Gasteiger partial charge is 0.305 e. The highest BCUT2D eigenvalue weighted by Gasteiger charge is 2.07. The van der Waals surface area contributed by atoms with Gasteiger partial charge in [0.2, 0.25) is 0 Å². The Hall–Kier alpha value is -1.49. The Morgan fingerprint density at radius 2 is 2.12 bits per heavy atom. The van der Waals surface area contributed by atoms with Gasteiger partial charge >= 0.3 is 0 Å².